The van der Waals surface area contributed by atoms with E-state index in [1.165, 1.54) is 35.7 Å². The van der Waals surface area contributed by atoms with E-state index < -0.39 is 27.9 Å². The van der Waals surface area contributed by atoms with E-state index in [1.807, 2.05) is 0 Å². The van der Waals surface area contributed by atoms with Crippen molar-refractivity contribution in [2.24, 2.45) is 0 Å². The first-order valence-electron chi connectivity index (χ1n) is 9.13. The van der Waals surface area contributed by atoms with Gasteiger partial charge in [-0.05, 0) is 61.4 Å². The van der Waals surface area contributed by atoms with E-state index in [0.29, 0.717) is 29.3 Å². The summed E-state index contributed by atoms with van der Waals surface area (Å²) in [5.41, 5.74) is 0.392. The maximum absolute atomic E-state index is 13.3. The molecule has 1 atom stereocenters. The third kappa shape index (κ3) is 3.63. The zero-order chi connectivity index (χ0) is 20.8. The SMILES string of the molecule is COc1ccc(N2C(=O)CC(N(C3CC3)S(=O)(=O)c3ccc(Cl)cc3)C2=O)cc1. The van der Waals surface area contributed by atoms with Crippen LogP contribution in [0, 0.1) is 0 Å². The van der Waals surface area contributed by atoms with Crippen molar-refractivity contribution in [2.45, 2.75) is 36.2 Å². The van der Waals surface area contributed by atoms with Gasteiger partial charge in [-0.25, -0.2) is 13.3 Å². The van der Waals surface area contributed by atoms with Crippen LogP contribution in [0.3, 0.4) is 0 Å². The highest BCUT2D eigenvalue weighted by atomic mass is 35.5. The van der Waals surface area contributed by atoms with Crippen LogP contribution in [-0.2, 0) is 19.6 Å². The molecule has 7 nitrogen and oxygen atoms in total. The number of carbonyl (C=O) groups excluding carboxylic acids is 2. The number of hydrogen-bond donors (Lipinski definition) is 0. The van der Waals surface area contributed by atoms with Crippen LogP contribution in [0.5, 0.6) is 5.75 Å². The molecule has 0 spiro atoms. The maximum Gasteiger partial charge on any atom is 0.252 e. The van der Waals surface area contributed by atoms with Crippen LogP contribution in [0.15, 0.2) is 53.4 Å². The Balaban J connectivity index is 1.67. The predicted octanol–water partition coefficient (Wildman–Crippen LogP) is 2.83. The van der Waals surface area contributed by atoms with Crippen LogP contribution in [0.25, 0.3) is 0 Å². The monoisotopic (exact) mass is 434 g/mol. The van der Waals surface area contributed by atoms with Gasteiger partial charge in [0.15, 0.2) is 0 Å². The fourth-order valence-corrected chi connectivity index (χ4v) is 5.45. The molecule has 0 radical (unpaired) electrons. The van der Waals surface area contributed by atoms with E-state index >= 15 is 0 Å². The number of amides is 2. The second-order valence-corrected chi connectivity index (χ2v) is 9.28. The van der Waals surface area contributed by atoms with Crippen LogP contribution < -0.4 is 9.64 Å². The van der Waals surface area contributed by atoms with Crippen molar-refractivity contribution in [3.8, 4) is 5.75 Å². The van der Waals surface area contributed by atoms with E-state index in [2.05, 4.69) is 0 Å². The lowest BCUT2D eigenvalue weighted by Crippen LogP contribution is -2.46. The Labute approximate surface area is 173 Å². The molecule has 152 valence electrons. The number of methoxy groups -OCH3 is 1. The largest absolute Gasteiger partial charge is 0.497 e. The van der Waals surface area contributed by atoms with Gasteiger partial charge in [-0.15, -0.1) is 0 Å². The van der Waals surface area contributed by atoms with Crippen LogP contribution in [0.2, 0.25) is 5.02 Å². The molecule has 1 saturated carbocycles. The second-order valence-electron chi connectivity index (χ2n) is 7.01. The number of hydrogen-bond acceptors (Lipinski definition) is 5. The third-order valence-corrected chi connectivity index (χ3v) is 7.28. The number of imide groups is 1. The van der Waals surface area contributed by atoms with Gasteiger partial charge in [-0.2, -0.15) is 4.31 Å². The first-order chi connectivity index (χ1) is 13.8. The van der Waals surface area contributed by atoms with E-state index in [1.54, 1.807) is 24.3 Å². The molecule has 9 heteroatoms. The Hall–Kier alpha value is -2.42. The van der Waals surface area contributed by atoms with Gasteiger partial charge in [-0.3, -0.25) is 9.59 Å². The topological polar surface area (TPSA) is 84.0 Å². The summed E-state index contributed by atoms with van der Waals surface area (Å²) in [6.07, 6.45) is 1.13. The van der Waals surface area contributed by atoms with Crippen molar-refractivity contribution in [1.29, 1.82) is 0 Å². The first kappa shape index (κ1) is 19.9. The molecule has 29 heavy (non-hydrogen) atoms. The van der Waals surface area contributed by atoms with Gasteiger partial charge < -0.3 is 4.74 Å². The Morgan fingerprint density at radius 2 is 1.66 bits per heavy atom. The first-order valence-corrected chi connectivity index (χ1v) is 10.9. The molecule has 2 amide bonds. The van der Waals surface area contributed by atoms with Gasteiger partial charge in [0.1, 0.15) is 11.8 Å². The molecule has 2 aromatic rings. The Morgan fingerprint density at radius 3 is 2.21 bits per heavy atom. The predicted molar refractivity (Wildman–Crippen MR) is 107 cm³/mol. The van der Waals surface area contributed by atoms with Crippen molar-refractivity contribution in [3.63, 3.8) is 0 Å². The van der Waals surface area contributed by atoms with Crippen LogP contribution in [0.4, 0.5) is 5.69 Å². The molecule has 2 aliphatic rings. The summed E-state index contributed by atoms with van der Waals surface area (Å²) in [6, 6.07) is 11.0. The van der Waals surface area contributed by atoms with Gasteiger partial charge in [0.25, 0.3) is 5.91 Å². The molecule has 0 aromatic heterocycles. The average Bonchev–Trinajstić information content (AvgIpc) is 3.48. The zero-order valence-corrected chi connectivity index (χ0v) is 17.2. The number of rotatable bonds is 6. The number of benzene rings is 2. The third-order valence-electron chi connectivity index (χ3n) is 5.06. The summed E-state index contributed by atoms with van der Waals surface area (Å²) in [7, 11) is -2.44. The molecule has 1 saturated heterocycles. The molecule has 1 unspecified atom stereocenters. The number of ether oxygens (including phenoxy) is 1. The van der Waals surface area contributed by atoms with E-state index in [4.69, 9.17) is 16.3 Å². The lowest BCUT2D eigenvalue weighted by atomic mass is 10.2. The highest BCUT2D eigenvalue weighted by Gasteiger charge is 2.51. The fourth-order valence-electron chi connectivity index (χ4n) is 3.49. The number of nitrogens with zero attached hydrogens (tertiary/aromatic N) is 2. The highest BCUT2D eigenvalue weighted by molar-refractivity contribution is 7.89. The quantitative estimate of drug-likeness (QED) is 0.653. The van der Waals surface area contributed by atoms with Gasteiger partial charge in [0.05, 0.1) is 24.1 Å². The molecule has 1 aliphatic carbocycles. The minimum atomic E-state index is -3.96. The minimum Gasteiger partial charge on any atom is -0.497 e. The second kappa shape index (κ2) is 7.44. The summed E-state index contributed by atoms with van der Waals surface area (Å²) in [4.78, 5) is 26.9. The number of sulfonamides is 1. The van der Waals surface area contributed by atoms with Gasteiger partial charge in [0, 0.05) is 11.1 Å². The molecule has 1 heterocycles. The van der Waals surface area contributed by atoms with Crippen LogP contribution in [0.1, 0.15) is 19.3 Å². The van der Waals surface area contributed by atoms with Crippen LogP contribution in [-0.4, -0.2) is 43.7 Å². The molecular weight excluding hydrogens is 416 g/mol. The highest BCUT2D eigenvalue weighted by Crippen LogP contribution is 2.38. The molecule has 2 fully saturated rings. The average molecular weight is 435 g/mol. The molecule has 2 aromatic carbocycles. The smallest absolute Gasteiger partial charge is 0.252 e. The minimum absolute atomic E-state index is 0.0527. The number of halogens is 1. The Morgan fingerprint density at radius 1 is 1.03 bits per heavy atom. The lowest BCUT2D eigenvalue weighted by molar-refractivity contribution is -0.122. The number of carbonyl (C=O) groups is 2. The van der Waals surface area contributed by atoms with Gasteiger partial charge in [0.2, 0.25) is 15.9 Å². The Kier molecular flexibility index (Phi) is 5.10. The summed E-state index contributed by atoms with van der Waals surface area (Å²) in [5.74, 6) is -0.374. The fraction of sp³-hybridized carbons (Fsp3) is 0.300. The standard InChI is InChI=1S/C20H19ClN2O5S/c1-28-16-8-6-14(7-9-16)22-19(24)12-18(20(22)25)23(15-4-5-15)29(26,27)17-10-2-13(21)3-11-17/h2-3,6-11,15,18H,4-5,12H2,1H3. The summed E-state index contributed by atoms with van der Waals surface area (Å²) < 4.78 is 32.9. The summed E-state index contributed by atoms with van der Waals surface area (Å²) >= 11 is 5.87. The van der Waals surface area contributed by atoms with Gasteiger partial charge in [-0.1, -0.05) is 11.6 Å². The van der Waals surface area contributed by atoms with Crippen LogP contribution >= 0.6 is 11.6 Å². The Bertz CT molecular complexity index is 1050. The van der Waals surface area contributed by atoms with Crippen molar-refractivity contribution in [1.82, 2.24) is 4.31 Å². The number of anilines is 1. The molecular formula is C20H19ClN2O5S. The van der Waals surface area contributed by atoms with Crippen molar-refractivity contribution >= 4 is 39.1 Å². The summed E-state index contributed by atoms with van der Waals surface area (Å²) in [6.45, 7) is 0. The maximum atomic E-state index is 13.3. The molecule has 0 N–H and O–H groups in total. The van der Waals surface area contributed by atoms with E-state index in [0.717, 1.165) is 4.90 Å². The molecule has 4 rings (SSSR count). The lowest BCUT2D eigenvalue weighted by Gasteiger charge is -2.26. The normalized spacial score (nSPS) is 19.8. The van der Waals surface area contributed by atoms with E-state index in [9.17, 15) is 18.0 Å². The molecule has 1 aliphatic heterocycles. The molecule has 0 bridgehead atoms. The summed E-state index contributed by atoms with van der Waals surface area (Å²) in [5, 5.41) is 0.416. The van der Waals surface area contributed by atoms with Crippen molar-refractivity contribution in [3.05, 3.63) is 53.6 Å². The van der Waals surface area contributed by atoms with Crippen molar-refractivity contribution in [2.75, 3.05) is 12.0 Å². The zero-order valence-electron chi connectivity index (χ0n) is 15.6. The van der Waals surface area contributed by atoms with E-state index in [-0.39, 0.29) is 17.4 Å². The van der Waals surface area contributed by atoms with Crippen molar-refractivity contribution < 1.29 is 22.7 Å². The van der Waals surface area contributed by atoms with Gasteiger partial charge >= 0.3 is 0 Å².